The van der Waals surface area contributed by atoms with E-state index in [0.29, 0.717) is 24.3 Å². The van der Waals surface area contributed by atoms with E-state index < -0.39 is 0 Å². The van der Waals surface area contributed by atoms with Gasteiger partial charge in [0.05, 0.1) is 6.54 Å². The van der Waals surface area contributed by atoms with Gasteiger partial charge in [-0.05, 0) is 56.4 Å². The minimum atomic E-state index is -0.0339. The van der Waals surface area contributed by atoms with E-state index in [9.17, 15) is 4.79 Å². The fourth-order valence-corrected chi connectivity index (χ4v) is 3.01. The number of hydrogen-bond acceptors (Lipinski definition) is 3. The Morgan fingerprint density at radius 3 is 2.59 bits per heavy atom. The van der Waals surface area contributed by atoms with Gasteiger partial charge in [-0.25, -0.2) is 0 Å². The molecule has 4 rings (SSSR count). The molecule has 0 unspecified atom stereocenters. The molecule has 0 aromatic carbocycles. The van der Waals surface area contributed by atoms with Crippen LogP contribution in [0, 0.1) is 12.8 Å². The van der Waals surface area contributed by atoms with Crippen LogP contribution in [0.2, 0.25) is 0 Å². The zero-order chi connectivity index (χ0) is 15.3. The van der Waals surface area contributed by atoms with Gasteiger partial charge in [0.2, 0.25) is 0 Å². The van der Waals surface area contributed by atoms with E-state index in [-0.39, 0.29) is 5.91 Å². The first kappa shape index (κ1) is 13.7. The molecule has 4 heteroatoms. The fraction of sp³-hybridized carbons (Fsp3) is 0.500. The number of rotatable bonds is 5. The second-order valence-electron chi connectivity index (χ2n) is 6.70. The van der Waals surface area contributed by atoms with Crippen molar-refractivity contribution in [3.8, 4) is 0 Å². The third-order valence-electron chi connectivity index (χ3n) is 4.68. The Morgan fingerprint density at radius 1 is 1.23 bits per heavy atom. The quantitative estimate of drug-likeness (QED) is 0.834. The molecular weight excluding hydrogens is 278 g/mol. The van der Waals surface area contributed by atoms with Crippen LogP contribution in [0.15, 0.2) is 33.1 Å². The summed E-state index contributed by atoms with van der Waals surface area (Å²) in [5, 5.41) is 0. The summed E-state index contributed by atoms with van der Waals surface area (Å²) in [5.41, 5.74) is 0. The molecular formula is C18H21NO3. The summed E-state index contributed by atoms with van der Waals surface area (Å²) in [6.07, 6.45) is 3.35. The monoisotopic (exact) mass is 299 g/mol. The lowest BCUT2D eigenvalue weighted by atomic mass is 10.3. The van der Waals surface area contributed by atoms with E-state index in [0.717, 1.165) is 36.0 Å². The molecule has 4 nitrogen and oxygen atoms in total. The summed E-state index contributed by atoms with van der Waals surface area (Å²) in [7, 11) is 0. The molecule has 2 atom stereocenters. The molecule has 2 aromatic rings. The smallest absolute Gasteiger partial charge is 0.290 e. The van der Waals surface area contributed by atoms with Gasteiger partial charge in [0, 0.05) is 12.0 Å². The summed E-state index contributed by atoms with van der Waals surface area (Å²) < 4.78 is 11.4. The van der Waals surface area contributed by atoms with Crippen LogP contribution in [0.5, 0.6) is 0 Å². The Balaban J connectivity index is 1.50. The van der Waals surface area contributed by atoms with Crippen molar-refractivity contribution < 1.29 is 13.6 Å². The van der Waals surface area contributed by atoms with Gasteiger partial charge in [-0.1, -0.05) is 6.92 Å². The van der Waals surface area contributed by atoms with Crippen molar-refractivity contribution in [2.45, 2.75) is 51.6 Å². The van der Waals surface area contributed by atoms with Crippen molar-refractivity contribution in [3.63, 3.8) is 0 Å². The van der Waals surface area contributed by atoms with Gasteiger partial charge in [-0.15, -0.1) is 0 Å². The molecule has 2 aromatic heterocycles. The maximum atomic E-state index is 12.6. The summed E-state index contributed by atoms with van der Waals surface area (Å²) >= 11 is 0. The molecule has 2 aliphatic rings. The second-order valence-corrected chi connectivity index (χ2v) is 6.70. The predicted octanol–water partition coefficient (Wildman–Crippen LogP) is 4.11. The van der Waals surface area contributed by atoms with Gasteiger partial charge in [-0.3, -0.25) is 4.79 Å². The van der Waals surface area contributed by atoms with Gasteiger partial charge >= 0.3 is 0 Å². The van der Waals surface area contributed by atoms with E-state index in [4.69, 9.17) is 8.83 Å². The molecule has 0 aliphatic heterocycles. The van der Waals surface area contributed by atoms with Crippen molar-refractivity contribution in [2.75, 3.05) is 0 Å². The van der Waals surface area contributed by atoms with Crippen LogP contribution >= 0.6 is 0 Å². The Hall–Kier alpha value is -1.97. The zero-order valence-electron chi connectivity index (χ0n) is 13.0. The minimum Gasteiger partial charge on any atom is -0.464 e. The van der Waals surface area contributed by atoms with Crippen LogP contribution in [0.3, 0.4) is 0 Å². The van der Waals surface area contributed by atoms with Crippen molar-refractivity contribution in [3.05, 3.63) is 47.3 Å². The summed E-state index contributed by atoms with van der Waals surface area (Å²) in [5.74, 6) is 4.40. The summed E-state index contributed by atoms with van der Waals surface area (Å²) in [6.45, 7) is 4.63. The Morgan fingerprint density at radius 2 is 2.00 bits per heavy atom. The van der Waals surface area contributed by atoms with Gasteiger partial charge in [-0.2, -0.15) is 0 Å². The third-order valence-corrected chi connectivity index (χ3v) is 4.68. The highest BCUT2D eigenvalue weighted by molar-refractivity contribution is 5.91. The van der Waals surface area contributed by atoms with E-state index in [1.165, 1.54) is 6.42 Å². The Bertz CT molecular complexity index is 695. The molecule has 0 N–H and O–H groups in total. The largest absolute Gasteiger partial charge is 0.464 e. The molecule has 22 heavy (non-hydrogen) atoms. The SMILES string of the molecule is Cc1ccc(C(=O)N(Cc2ccc([C@H]3C[C@@H]3C)o2)C2CC2)o1. The van der Waals surface area contributed by atoms with E-state index >= 15 is 0 Å². The first-order chi connectivity index (χ1) is 10.6. The number of aryl methyl sites for hydroxylation is 1. The lowest BCUT2D eigenvalue weighted by molar-refractivity contribution is 0.0683. The average molecular weight is 299 g/mol. The molecule has 0 spiro atoms. The normalized spacial score (nSPS) is 23.5. The molecule has 0 bridgehead atoms. The van der Waals surface area contributed by atoms with Crippen molar-refractivity contribution in [1.29, 1.82) is 0 Å². The van der Waals surface area contributed by atoms with Gasteiger partial charge in [0.25, 0.3) is 5.91 Å². The van der Waals surface area contributed by atoms with Crippen LogP contribution in [-0.4, -0.2) is 16.8 Å². The lowest BCUT2D eigenvalue weighted by Crippen LogP contribution is -2.32. The number of furan rings is 2. The first-order valence-corrected chi connectivity index (χ1v) is 8.08. The highest BCUT2D eigenvalue weighted by Gasteiger charge is 2.38. The summed E-state index contributed by atoms with van der Waals surface area (Å²) in [6, 6.07) is 7.99. The van der Waals surface area contributed by atoms with Crippen molar-refractivity contribution in [1.82, 2.24) is 4.90 Å². The number of carbonyl (C=O) groups is 1. The van der Waals surface area contributed by atoms with E-state index in [1.807, 2.05) is 24.0 Å². The van der Waals surface area contributed by atoms with Crippen LogP contribution in [0.25, 0.3) is 0 Å². The number of hydrogen-bond donors (Lipinski definition) is 0. The topological polar surface area (TPSA) is 46.6 Å². The fourth-order valence-electron chi connectivity index (χ4n) is 3.01. The van der Waals surface area contributed by atoms with Gasteiger partial charge in [0.15, 0.2) is 5.76 Å². The molecule has 116 valence electrons. The van der Waals surface area contributed by atoms with E-state index in [2.05, 4.69) is 13.0 Å². The van der Waals surface area contributed by atoms with Crippen LogP contribution in [0.4, 0.5) is 0 Å². The van der Waals surface area contributed by atoms with E-state index in [1.54, 1.807) is 6.07 Å². The molecule has 2 saturated carbocycles. The Labute approximate surface area is 130 Å². The number of amides is 1. The standard InChI is InChI=1S/C18H21NO3/c1-11-9-15(11)16-8-6-14(22-16)10-19(13-4-5-13)18(20)17-7-3-12(2)21-17/h3,6-8,11,13,15H,4-5,9-10H2,1-2H3/t11-,15-/m0/s1. The average Bonchev–Trinajstić information content (AvgIpc) is 3.37. The molecule has 2 aliphatic carbocycles. The zero-order valence-corrected chi connectivity index (χ0v) is 13.0. The van der Waals surface area contributed by atoms with Gasteiger partial charge in [0.1, 0.15) is 17.3 Å². The molecule has 0 saturated heterocycles. The van der Waals surface area contributed by atoms with Crippen molar-refractivity contribution >= 4 is 5.91 Å². The molecule has 1 amide bonds. The first-order valence-electron chi connectivity index (χ1n) is 8.08. The van der Waals surface area contributed by atoms with Crippen LogP contribution in [-0.2, 0) is 6.54 Å². The lowest BCUT2D eigenvalue weighted by Gasteiger charge is -2.20. The van der Waals surface area contributed by atoms with Gasteiger partial charge < -0.3 is 13.7 Å². The molecule has 2 fully saturated rings. The highest BCUT2D eigenvalue weighted by atomic mass is 16.4. The molecule has 0 radical (unpaired) electrons. The second kappa shape index (κ2) is 5.04. The van der Waals surface area contributed by atoms with Crippen molar-refractivity contribution in [2.24, 2.45) is 5.92 Å². The highest BCUT2D eigenvalue weighted by Crippen LogP contribution is 2.47. The van der Waals surface area contributed by atoms with Crippen LogP contribution < -0.4 is 0 Å². The number of carbonyl (C=O) groups excluding carboxylic acids is 1. The molecule has 2 heterocycles. The maximum Gasteiger partial charge on any atom is 0.290 e. The third kappa shape index (κ3) is 2.58. The Kier molecular flexibility index (Phi) is 3.13. The minimum absolute atomic E-state index is 0.0339. The number of nitrogens with zero attached hydrogens (tertiary/aromatic N) is 1. The maximum absolute atomic E-state index is 12.6. The van der Waals surface area contributed by atoms with Crippen LogP contribution in [0.1, 0.15) is 59.9 Å². The summed E-state index contributed by atoms with van der Waals surface area (Å²) in [4.78, 5) is 14.5. The predicted molar refractivity (Wildman–Crippen MR) is 81.6 cm³/mol.